The van der Waals surface area contributed by atoms with Gasteiger partial charge < -0.3 is 15.4 Å². The fraction of sp³-hybridized carbons (Fsp3) is 0.486. The molecule has 0 saturated carbocycles. The molecule has 2 aromatic heterocycles. The second kappa shape index (κ2) is 12.7. The van der Waals surface area contributed by atoms with Gasteiger partial charge in [-0.15, -0.1) is 6.42 Å². The number of pyridine rings is 1. The van der Waals surface area contributed by atoms with Crippen molar-refractivity contribution >= 4 is 27.5 Å². The summed E-state index contributed by atoms with van der Waals surface area (Å²) in [5.74, 6) is 1.95. The largest absolute Gasteiger partial charge is 0.461 e. The van der Waals surface area contributed by atoms with Gasteiger partial charge in [-0.1, -0.05) is 50.5 Å². The first kappa shape index (κ1) is 30.8. The standard InChI is InChI=1S/C37H42F2N6O/c1-4-7-17-40-21-25-20-23(5-2)32-30-34(43-36(44-35(30)41-25)46-22-37-15-9-18-45(37)19-10-16-37)31(39)33(42-32)27-12-8-11-24-13-14-28(38)26(6-3)29(24)27/h3,8,11-14,23,25,40H,4-5,7,9-10,15-22H2,1-2H3,(H,41,43,44). The summed E-state index contributed by atoms with van der Waals surface area (Å²) in [5, 5.41) is 8.99. The number of hydrogen-bond acceptors (Lipinski definition) is 7. The maximum atomic E-state index is 17.0. The monoisotopic (exact) mass is 624 g/mol. The van der Waals surface area contributed by atoms with E-state index in [-0.39, 0.29) is 40.3 Å². The lowest BCUT2D eigenvalue weighted by Crippen LogP contribution is -2.43. The zero-order chi connectivity index (χ0) is 31.8. The quantitative estimate of drug-likeness (QED) is 0.143. The van der Waals surface area contributed by atoms with Crippen molar-refractivity contribution in [3.63, 3.8) is 0 Å². The van der Waals surface area contributed by atoms with Gasteiger partial charge in [0.15, 0.2) is 5.82 Å². The number of benzene rings is 2. The fourth-order valence-electron chi connectivity index (χ4n) is 7.95. The van der Waals surface area contributed by atoms with E-state index in [1.165, 1.54) is 6.07 Å². The molecule has 2 saturated heterocycles. The molecule has 7 rings (SSSR count). The molecule has 0 radical (unpaired) electrons. The summed E-state index contributed by atoms with van der Waals surface area (Å²) in [7, 11) is 0. The minimum absolute atomic E-state index is 0.00926. The smallest absolute Gasteiger partial charge is 0.319 e. The van der Waals surface area contributed by atoms with Gasteiger partial charge in [-0.3, -0.25) is 4.90 Å². The van der Waals surface area contributed by atoms with Crippen LogP contribution in [0.1, 0.15) is 82.4 Å². The van der Waals surface area contributed by atoms with Crippen LogP contribution in [0.15, 0.2) is 30.3 Å². The highest BCUT2D eigenvalue weighted by Gasteiger charge is 2.45. The van der Waals surface area contributed by atoms with E-state index < -0.39 is 11.6 Å². The first-order valence-corrected chi connectivity index (χ1v) is 16.9. The van der Waals surface area contributed by atoms with Crippen LogP contribution >= 0.6 is 0 Å². The number of nitrogens with zero attached hydrogens (tertiary/aromatic N) is 4. The Bertz CT molecular complexity index is 1810. The Balaban J connectivity index is 1.39. The van der Waals surface area contributed by atoms with Crippen molar-refractivity contribution in [1.29, 1.82) is 0 Å². The summed E-state index contributed by atoms with van der Waals surface area (Å²) in [6.07, 6.45) is 14.1. The number of fused-ring (bicyclic) bond motifs is 2. The molecule has 4 aromatic rings. The molecular formula is C37H42F2N6O. The van der Waals surface area contributed by atoms with Gasteiger partial charge in [-0.05, 0) is 76.0 Å². The highest BCUT2D eigenvalue weighted by atomic mass is 19.1. The molecular weight excluding hydrogens is 582 g/mol. The molecule has 9 heteroatoms. The first-order chi connectivity index (χ1) is 22.5. The SMILES string of the molecule is C#Cc1c(F)ccc2cccc(-c3nc4c5c(nc(OCC67CCCN6CCC7)nc5c3F)NC(CNCCCC)CC4CC)c12. The summed E-state index contributed by atoms with van der Waals surface area (Å²) < 4.78 is 38.4. The lowest BCUT2D eigenvalue weighted by molar-refractivity contribution is 0.108. The molecule has 2 aromatic carbocycles. The highest BCUT2D eigenvalue weighted by molar-refractivity contribution is 6.02. The van der Waals surface area contributed by atoms with Crippen LogP contribution in [-0.2, 0) is 0 Å². The number of nitrogens with one attached hydrogen (secondary N) is 2. The van der Waals surface area contributed by atoms with Gasteiger partial charge in [0.2, 0.25) is 0 Å². The van der Waals surface area contributed by atoms with Crippen LogP contribution in [0.25, 0.3) is 32.9 Å². The second-order valence-electron chi connectivity index (χ2n) is 13.2. The van der Waals surface area contributed by atoms with Gasteiger partial charge in [-0.25, -0.2) is 13.8 Å². The molecule has 2 N–H and O–H groups in total. The van der Waals surface area contributed by atoms with Crippen LogP contribution in [0.3, 0.4) is 0 Å². The maximum absolute atomic E-state index is 17.0. The third-order valence-corrected chi connectivity index (χ3v) is 10.4. The number of unbranched alkanes of at least 4 members (excludes halogenated alkanes) is 1. The summed E-state index contributed by atoms with van der Waals surface area (Å²) in [4.78, 5) is 17.2. The summed E-state index contributed by atoms with van der Waals surface area (Å²) >= 11 is 0. The predicted octanol–water partition coefficient (Wildman–Crippen LogP) is 7.18. The Labute approximate surface area is 269 Å². The third-order valence-electron chi connectivity index (χ3n) is 10.4. The van der Waals surface area contributed by atoms with Crippen molar-refractivity contribution in [3.8, 4) is 29.6 Å². The average Bonchev–Trinajstić information content (AvgIpc) is 3.61. The summed E-state index contributed by atoms with van der Waals surface area (Å²) in [5.41, 5.74) is 1.54. The highest BCUT2D eigenvalue weighted by Crippen LogP contribution is 2.43. The molecule has 0 spiro atoms. The molecule has 7 nitrogen and oxygen atoms in total. The van der Waals surface area contributed by atoms with E-state index in [1.807, 2.05) is 12.1 Å². The number of aromatic nitrogens is 3. The van der Waals surface area contributed by atoms with E-state index in [0.29, 0.717) is 28.8 Å². The van der Waals surface area contributed by atoms with Gasteiger partial charge >= 0.3 is 6.01 Å². The minimum Gasteiger partial charge on any atom is -0.461 e. The van der Waals surface area contributed by atoms with E-state index in [4.69, 9.17) is 26.1 Å². The van der Waals surface area contributed by atoms with E-state index in [9.17, 15) is 4.39 Å². The Morgan fingerprint density at radius 3 is 2.67 bits per heavy atom. The summed E-state index contributed by atoms with van der Waals surface area (Å²) in [6.45, 7) is 8.61. The van der Waals surface area contributed by atoms with Crippen molar-refractivity contribution in [2.75, 3.05) is 38.1 Å². The number of ether oxygens (including phenoxy) is 1. The first-order valence-electron chi connectivity index (χ1n) is 16.9. The number of anilines is 1. The zero-order valence-electron chi connectivity index (χ0n) is 26.8. The lowest BCUT2D eigenvalue weighted by Gasteiger charge is -2.31. The van der Waals surface area contributed by atoms with Crippen LogP contribution in [-0.4, -0.2) is 64.2 Å². The second-order valence-corrected chi connectivity index (χ2v) is 13.2. The number of hydrogen-bond donors (Lipinski definition) is 2. The van der Waals surface area contributed by atoms with Crippen LogP contribution in [0.4, 0.5) is 14.6 Å². The minimum atomic E-state index is -0.593. The Morgan fingerprint density at radius 1 is 1.09 bits per heavy atom. The van der Waals surface area contributed by atoms with Crippen LogP contribution < -0.4 is 15.4 Å². The Hall–Kier alpha value is -3.87. The van der Waals surface area contributed by atoms with Crippen molar-refractivity contribution in [2.45, 2.75) is 82.7 Å². The molecule has 240 valence electrons. The molecule has 3 aliphatic heterocycles. The van der Waals surface area contributed by atoms with E-state index in [0.717, 1.165) is 88.6 Å². The molecule has 0 amide bonds. The Morgan fingerprint density at radius 2 is 1.91 bits per heavy atom. The number of terminal acetylenes is 1. The van der Waals surface area contributed by atoms with E-state index >= 15 is 4.39 Å². The molecule has 5 heterocycles. The average molecular weight is 625 g/mol. The third kappa shape index (κ3) is 5.35. The molecule has 2 atom stereocenters. The fourth-order valence-corrected chi connectivity index (χ4v) is 7.95. The number of halogens is 2. The van der Waals surface area contributed by atoms with Gasteiger partial charge in [0.25, 0.3) is 0 Å². The van der Waals surface area contributed by atoms with Gasteiger partial charge in [0, 0.05) is 29.5 Å². The van der Waals surface area contributed by atoms with Crippen LogP contribution in [0.2, 0.25) is 0 Å². The van der Waals surface area contributed by atoms with Crippen molar-refractivity contribution in [2.24, 2.45) is 0 Å². The molecule has 46 heavy (non-hydrogen) atoms. The molecule has 3 aliphatic rings. The maximum Gasteiger partial charge on any atom is 0.319 e. The molecule has 2 unspecified atom stereocenters. The normalized spacial score (nSPS) is 20.4. The van der Waals surface area contributed by atoms with Gasteiger partial charge in [0.1, 0.15) is 29.5 Å². The van der Waals surface area contributed by atoms with Crippen molar-refractivity contribution < 1.29 is 13.5 Å². The van der Waals surface area contributed by atoms with Crippen LogP contribution in [0, 0.1) is 24.0 Å². The van der Waals surface area contributed by atoms with E-state index in [1.54, 1.807) is 12.1 Å². The topological polar surface area (TPSA) is 75.2 Å². The molecule has 2 fully saturated rings. The molecule has 0 bridgehead atoms. The van der Waals surface area contributed by atoms with Gasteiger partial charge in [-0.2, -0.15) is 9.97 Å². The Kier molecular flexibility index (Phi) is 8.51. The number of rotatable bonds is 10. The van der Waals surface area contributed by atoms with Crippen molar-refractivity contribution in [1.82, 2.24) is 25.2 Å². The van der Waals surface area contributed by atoms with Gasteiger partial charge in [0.05, 0.1) is 22.2 Å². The molecule has 0 aliphatic carbocycles. The zero-order valence-corrected chi connectivity index (χ0v) is 26.8. The van der Waals surface area contributed by atoms with Crippen LogP contribution in [0.5, 0.6) is 6.01 Å². The van der Waals surface area contributed by atoms with E-state index in [2.05, 4.69) is 35.3 Å². The van der Waals surface area contributed by atoms with Crippen molar-refractivity contribution in [3.05, 3.63) is 53.2 Å². The summed E-state index contributed by atoms with van der Waals surface area (Å²) in [6, 6.07) is 8.66. The lowest BCUT2D eigenvalue weighted by atomic mass is 9.91. The predicted molar refractivity (Wildman–Crippen MR) is 179 cm³/mol.